The second-order valence-electron chi connectivity index (χ2n) is 6.07. The number of aliphatic hydroxyl groups is 1. The fourth-order valence-corrected chi connectivity index (χ4v) is 2.86. The second kappa shape index (κ2) is 9.13. The van der Waals surface area contributed by atoms with E-state index >= 15 is 0 Å². The Kier molecular flexibility index (Phi) is 7.16. The lowest BCUT2D eigenvalue weighted by Crippen LogP contribution is -2.43. The fraction of sp³-hybridized carbons (Fsp3) is 0.667. The standard InChI is InChI=1S/C18H29NO3/c1-14-6-5-9-18(15(14)2)22-13-12-21-11-10-19-16-7-3-4-8-17(16)20/h5-6,9,16-17,19-20H,3-4,7-8,10-13H2,1-2H3. The third-order valence-electron chi connectivity index (χ3n) is 4.42. The molecule has 0 saturated heterocycles. The highest BCUT2D eigenvalue weighted by Gasteiger charge is 2.21. The third-order valence-corrected chi connectivity index (χ3v) is 4.42. The second-order valence-corrected chi connectivity index (χ2v) is 6.07. The Hall–Kier alpha value is -1.10. The van der Waals surface area contributed by atoms with Crippen LogP contribution in [0.4, 0.5) is 0 Å². The van der Waals surface area contributed by atoms with Gasteiger partial charge in [-0.15, -0.1) is 0 Å². The van der Waals surface area contributed by atoms with Gasteiger partial charge in [0.25, 0.3) is 0 Å². The van der Waals surface area contributed by atoms with E-state index < -0.39 is 0 Å². The maximum Gasteiger partial charge on any atom is 0.122 e. The van der Waals surface area contributed by atoms with Crippen LogP contribution in [-0.2, 0) is 4.74 Å². The van der Waals surface area contributed by atoms with Gasteiger partial charge in [-0.25, -0.2) is 0 Å². The molecule has 0 heterocycles. The molecule has 1 fully saturated rings. The van der Waals surface area contributed by atoms with Crippen molar-refractivity contribution in [1.29, 1.82) is 0 Å². The van der Waals surface area contributed by atoms with Crippen LogP contribution in [-0.4, -0.2) is 43.6 Å². The van der Waals surface area contributed by atoms with Crippen molar-refractivity contribution in [3.8, 4) is 5.75 Å². The first-order valence-electron chi connectivity index (χ1n) is 8.36. The van der Waals surface area contributed by atoms with E-state index in [-0.39, 0.29) is 12.1 Å². The Morgan fingerprint density at radius 3 is 2.77 bits per heavy atom. The number of hydrogen-bond acceptors (Lipinski definition) is 4. The molecule has 0 amide bonds. The third kappa shape index (κ3) is 5.27. The van der Waals surface area contributed by atoms with Gasteiger partial charge in [-0.2, -0.15) is 0 Å². The minimum Gasteiger partial charge on any atom is -0.491 e. The topological polar surface area (TPSA) is 50.7 Å². The smallest absolute Gasteiger partial charge is 0.122 e. The van der Waals surface area contributed by atoms with Crippen LogP contribution < -0.4 is 10.1 Å². The molecule has 22 heavy (non-hydrogen) atoms. The Morgan fingerprint density at radius 2 is 1.95 bits per heavy atom. The lowest BCUT2D eigenvalue weighted by molar-refractivity contribution is 0.0732. The molecular formula is C18H29NO3. The van der Waals surface area contributed by atoms with Crippen molar-refractivity contribution in [3.63, 3.8) is 0 Å². The maximum absolute atomic E-state index is 9.86. The van der Waals surface area contributed by atoms with E-state index in [1.165, 1.54) is 17.5 Å². The molecule has 2 atom stereocenters. The molecule has 2 rings (SSSR count). The monoisotopic (exact) mass is 307 g/mol. The highest BCUT2D eigenvalue weighted by molar-refractivity contribution is 5.38. The number of benzene rings is 1. The van der Waals surface area contributed by atoms with E-state index in [1.54, 1.807) is 0 Å². The van der Waals surface area contributed by atoms with E-state index in [4.69, 9.17) is 9.47 Å². The summed E-state index contributed by atoms with van der Waals surface area (Å²) in [6.07, 6.45) is 4.14. The van der Waals surface area contributed by atoms with Gasteiger partial charge in [-0.05, 0) is 43.9 Å². The van der Waals surface area contributed by atoms with Crippen LogP contribution in [0.1, 0.15) is 36.8 Å². The molecule has 2 unspecified atom stereocenters. The van der Waals surface area contributed by atoms with Crippen molar-refractivity contribution < 1.29 is 14.6 Å². The van der Waals surface area contributed by atoms with Crippen molar-refractivity contribution >= 4 is 0 Å². The fourth-order valence-electron chi connectivity index (χ4n) is 2.86. The molecule has 1 aromatic rings. The Labute approximate surface area is 133 Å². The molecule has 1 aromatic carbocycles. The molecule has 0 spiro atoms. The molecule has 1 aliphatic rings. The lowest BCUT2D eigenvalue weighted by atomic mass is 9.93. The van der Waals surface area contributed by atoms with E-state index in [0.29, 0.717) is 19.8 Å². The number of aliphatic hydroxyl groups excluding tert-OH is 1. The predicted molar refractivity (Wildman–Crippen MR) is 88.5 cm³/mol. The minimum atomic E-state index is -0.193. The van der Waals surface area contributed by atoms with Gasteiger partial charge < -0.3 is 19.9 Å². The van der Waals surface area contributed by atoms with Gasteiger partial charge in [-0.1, -0.05) is 25.0 Å². The highest BCUT2D eigenvalue weighted by Crippen LogP contribution is 2.20. The van der Waals surface area contributed by atoms with Crippen LogP contribution in [0.15, 0.2) is 18.2 Å². The van der Waals surface area contributed by atoms with E-state index in [0.717, 1.165) is 31.6 Å². The maximum atomic E-state index is 9.86. The number of nitrogens with one attached hydrogen (secondary N) is 1. The summed E-state index contributed by atoms with van der Waals surface area (Å²) < 4.78 is 11.3. The molecule has 0 radical (unpaired) electrons. The van der Waals surface area contributed by atoms with E-state index in [1.807, 2.05) is 12.1 Å². The van der Waals surface area contributed by atoms with Crippen LogP contribution >= 0.6 is 0 Å². The first-order valence-corrected chi connectivity index (χ1v) is 8.36. The number of rotatable bonds is 8. The molecule has 1 aliphatic carbocycles. The zero-order valence-electron chi connectivity index (χ0n) is 13.8. The molecule has 0 aromatic heterocycles. The van der Waals surface area contributed by atoms with Crippen molar-refractivity contribution in [2.24, 2.45) is 0 Å². The molecule has 1 saturated carbocycles. The van der Waals surface area contributed by atoms with Crippen molar-refractivity contribution in [3.05, 3.63) is 29.3 Å². The van der Waals surface area contributed by atoms with Gasteiger partial charge in [0.15, 0.2) is 0 Å². The predicted octanol–water partition coefficient (Wildman–Crippen LogP) is 2.59. The van der Waals surface area contributed by atoms with Crippen molar-refractivity contribution in [2.45, 2.75) is 51.7 Å². The summed E-state index contributed by atoms with van der Waals surface area (Å²) in [5, 5.41) is 13.2. The molecule has 0 bridgehead atoms. The van der Waals surface area contributed by atoms with Crippen molar-refractivity contribution in [2.75, 3.05) is 26.4 Å². The van der Waals surface area contributed by atoms with E-state index in [9.17, 15) is 5.11 Å². The summed E-state index contributed by atoms with van der Waals surface area (Å²) >= 11 is 0. The largest absolute Gasteiger partial charge is 0.491 e. The van der Waals surface area contributed by atoms with E-state index in [2.05, 4.69) is 25.2 Å². The van der Waals surface area contributed by atoms with Crippen molar-refractivity contribution in [1.82, 2.24) is 5.32 Å². The molecule has 4 nitrogen and oxygen atoms in total. The summed E-state index contributed by atoms with van der Waals surface area (Å²) in [6, 6.07) is 6.33. The normalized spacial score (nSPS) is 21.8. The number of ether oxygens (including phenoxy) is 2. The Morgan fingerprint density at radius 1 is 1.14 bits per heavy atom. The molecule has 0 aliphatic heterocycles. The minimum absolute atomic E-state index is 0.193. The first kappa shape index (κ1) is 17.3. The van der Waals surface area contributed by atoms with Gasteiger partial charge in [0.05, 0.1) is 19.3 Å². The number of aryl methyl sites for hydroxylation is 1. The van der Waals surface area contributed by atoms with Crippen LogP contribution in [0.5, 0.6) is 5.75 Å². The lowest BCUT2D eigenvalue weighted by Gasteiger charge is -2.28. The Balaban J connectivity index is 1.53. The summed E-state index contributed by atoms with van der Waals surface area (Å²) in [7, 11) is 0. The number of hydrogen-bond donors (Lipinski definition) is 2. The van der Waals surface area contributed by atoms with Crippen LogP contribution in [0.3, 0.4) is 0 Å². The zero-order valence-corrected chi connectivity index (χ0v) is 13.8. The average molecular weight is 307 g/mol. The SMILES string of the molecule is Cc1cccc(OCCOCCNC2CCCCC2O)c1C. The van der Waals surface area contributed by atoms with Gasteiger partial charge in [-0.3, -0.25) is 0 Å². The van der Waals surface area contributed by atoms with Crippen LogP contribution in [0.25, 0.3) is 0 Å². The summed E-state index contributed by atoms with van der Waals surface area (Å²) in [4.78, 5) is 0. The van der Waals surface area contributed by atoms with Gasteiger partial charge >= 0.3 is 0 Å². The summed E-state index contributed by atoms with van der Waals surface area (Å²) in [6.45, 7) is 6.75. The summed E-state index contributed by atoms with van der Waals surface area (Å²) in [5.41, 5.74) is 2.43. The molecule has 124 valence electrons. The molecular weight excluding hydrogens is 278 g/mol. The van der Waals surface area contributed by atoms with Crippen LogP contribution in [0.2, 0.25) is 0 Å². The van der Waals surface area contributed by atoms with Crippen LogP contribution in [0, 0.1) is 13.8 Å². The quantitative estimate of drug-likeness (QED) is 0.725. The highest BCUT2D eigenvalue weighted by atomic mass is 16.5. The molecule has 4 heteroatoms. The van der Waals surface area contributed by atoms with Gasteiger partial charge in [0.1, 0.15) is 12.4 Å². The Bertz CT molecular complexity index is 450. The van der Waals surface area contributed by atoms with Gasteiger partial charge in [0.2, 0.25) is 0 Å². The first-order chi connectivity index (χ1) is 10.7. The van der Waals surface area contributed by atoms with Gasteiger partial charge in [0, 0.05) is 12.6 Å². The summed E-state index contributed by atoms with van der Waals surface area (Å²) in [5.74, 6) is 0.937. The average Bonchev–Trinajstić information content (AvgIpc) is 2.52. The molecule has 2 N–H and O–H groups in total. The zero-order chi connectivity index (χ0) is 15.8.